The van der Waals surface area contributed by atoms with Gasteiger partial charge in [-0.1, -0.05) is 23.7 Å². The Bertz CT molecular complexity index is 920. The summed E-state index contributed by atoms with van der Waals surface area (Å²) in [5.74, 6) is 1.18. The van der Waals surface area contributed by atoms with Crippen LogP contribution in [0, 0.1) is 0 Å². The number of hydrogen-bond acceptors (Lipinski definition) is 3. The van der Waals surface area contributed by atoms with Crippen LogP contribution in [-0.2, 0) is 13.1 Å². The third-order valence-electron chi connectivity index (χ3n) is 4.17. The lowest BCUT2D eigenvalue weighted by molar-refractivity contribution is 0.0777. The van der Waals surface area contributed by atoms with E-state index >= 15 is 0 Å². The first-order valence-corrected chi connectivity index (χ1v) is 8.46. The number of rotatable bonds is 5. The first-order chi connectivity index (χ1) is 12.0. The van der Waals surface area contributed by atoms with Crippen LogP contribution in [0.5, 0.6) is 5.75 Å². The first kappa shape index (κ1) is 17.3. The molecule has 6 heteroatoms. The van der Waals surface area contributed by atoms with Crippen LogP contribution in [0.15, 0.2) is 42.5 Å². The summed E-state index contributed by atoms with van der Waals surface area (Å²) >= 11 is 5.98. The number of carbonyl (C=O) groups is 1. The normalized spacial score (nSPS) is 10.9. The van der Waals surface area contributed by atoms with Gasteiger partial charge in [0.2, 0.25) is 0 Å². The van der Waals surface area contributed by atoms with Gasteiger partial charge in [-0.3, -0.25) is 4.79 Å². The van der Waals surface area contributed by atoms with Crippen LogP contribution in [0.2, 0.25) is 5.02 Å². The van der Waals surface area contributed by atoms with Crippen molar-refractivity contribution in [2.24, 2.45) is 0 Å². The van der Waals surface area contributed by atoms with Gasteiger partial charge in [0, 0.05) is 18.6 Å². The molecular weight excluding hydrogens is 338 g/mol. The molecule has 0 spiro atoms. The van der Waals surface area contributed by atoms with Crippen LogP contribution in [0.4, 0.5) is 0 Å². The highest BCUT2D eigenvalue weighted by Crippen LogP contribution is 2.25. The SMILES string of the molecule is CCn1c(CN(C)C(=O)c2ccc(Cl)cc2OC)nc2ccccc21. The van der Waals surface area contributed by atoms with E-state index in [4.69, 9.17) is 16.3 Å². The lowest BCUT2D eigenvalue weighted by Crippen LogP contribution is -2.28. The topological polar surface area (TPSA) is 47.4 Å². The molecule has 0 N–H and O–H groups in total. The summed E-state index contributed by atoms with van der Waals surface area (Å²) in [6, 6.07) is 13.0. The van der Waals surface area contributed by atoms with Crippen LogP contribution in [0.1, 0.15) is 23.1 Å². The highest BCUT2D eigenvalue weighted by Gasteiger charge is 2.19. The first-order valence-electron chi connectivity index (χ1n) is 8.08. The van der Waals surface area contributed by atoms with E-state index in [9.17, 15) is 4.79 Å². The van der Waals surface area contributed by atoms with Crippen LogP contribution < -0.4 is 4.74 Å². The van der Waals surface area contributed by atoms with Crippen LogP contribution in [-0.4, -0.2) is 34.5 Å². The minimum Gasteiger partial charge on any atom is -0.496 e. The smallest absolute Gasteiger partial charge is 0.257 e. The molecule has 2 aromatic carbocycles. The second-order valence-electron chi connectivity index (χ2n) is 5.77. The van der Waals surface area contributed by atoms with Gasteiger partial charge in [-0.05, 0) is 37.3 Å². The molecule has 25 heavy (non-hydrogen) atoms. The number of fused-ring (bicyclic) bond motifs is 1. The van der Waals surface area contributed by atoms with E-state index in [1.165, 1.54) is 7.11 Å². The number of para-hydroxylation sites is 2. The van der Waals surface area contributed by atoms with Gasteiger partial charge >= 0.3 is 0 Å². The quantitative estimate of drug-likeness (QED) is 0.693. The van der Waals surface area contributed by atoms with E-state index in [2.05, 4.69) is 16.5 Å². The van der Waals surface area contributed by atoms with E-state index in [0.29, 0.717) is 22.9 Å². The standard InChI is InChI=1S/C19H20ClN3O2/c1-4-23-16-8-6-5-7-15(16)21-18(23)12-22(2)19(24)14-10-9-13(20)11-17(14)25-3/h5-11H,4,12H2,1-3H3. The summed E-state index contributed by atoms with van der Waals surface area (Å²) < 4.78 is 7.41. The summed E-state index contributed by atoms with van der Waals surface area (Å²) in [7, 11) is 3.29. The molecule has 0 aliphatic carbocycles. The van der Waals surface area contributed by atoms with Gasteiger partial charge in [0.15, 0.2) is 0 Å². The van der Waals surface area contributed by atoms with Crippen molar-refractivity contribution in [3.8, 4) is 5.75 Å². The Balaban J connectivity index is 1.90. The predicted molar refractivity (Wildman–Crippen MR) is 99.2 cm³/mol. The van der Waals surface area contributed by atoms with Crippen molar-refractivity contribution in [2.75, 3.05) is 14.2 Å². The van der Waals surface area contributed by atoms with Crippen LogP contribution in [0.25, 0.3) is 11.0 Å². The molecule has 0 aliphatic rings. The predicted octanol–water partition coefficient (Wildman–Crippen LogP) is 3.99. The molecule has 1 heterocycles. The number of amides is 1. The van der Waals surface area contributed by atoms with E-state index in [-0.39, 0.29) is 5.91 Å². The van der Waals surface area contributed by atoms with E-state index < -0.39 is 0 Å². The maximum Gasteiger partial charge on any atom is 0.257 e. The Kier molecular flexibility index (Phi) is 4.95. The Hall–Kier alpha value is -2.53. The number of benzene rings is 2. The zero-order chi connectivity index (χ0) is 18.0. The van der Waals surface area contributed by atoms with Gasteiger partial charge in [0.1, 0.15) is 11.6 Å². The molecule has 130 valence electrons. The number of nitrogens with zero attached hydrogens (tertiary/aromatic N) is 3. The summed E-state index contributed by atoms with van der Waals surface area (Å²) in [5.41, 5.74) is 2.49. The molecule has 0 saturated carbocycles. The highest BCUT2D eigenvalue weighted by molar-refractivity contribution is 6.30. The fraction of sp³-hybridized carbons (Fsp3) is 0.263. The average Bonchev–Trinajstić information content (AvgIpc) is 2.97. The number of methoxy groups -OCH3 is 1. The number of aryl methyl sites for hydroxylation is 1. The van der Waals surface area contributed by atoms with Gasteiger partial charge in [-0.2, -0.15) is 0 Å². The van der Waals surface area contributed by atoms with Crippen LogP contribution >= 0.6 is 11.6 Å². The molecule has 0 radical (unpaired) electrons. The van der Waals surface area contributed by atoms with Gasteiger partial charge in [-0.15, -0.1) is 0 Å². The molecule has 1 amide bonds. The number of ether oxygens (including phenoxy) is 1. The van der Waals surface area contributed by atoms with Crippen molar-refractivity contribution < 1.29 is 9.53 Å². The molecule has 0 atom stereocenters. The second kappa shape index (κ2) is 7.15. The van der Waals surface area contributed by atoms with Crippen molar-refractivity contribution in [2.45, 2.75) is 20.0 Å². The number of hydrogen-bond donors (Lipinski definition) is 0. The Labute approximate surface area is 151 Å². The molecule has 0 saturated heterocycles. The molecule has 0 aliphatic heterocycles. The largest absolute Gasteiger partial charge is 0.496 e. The van der Waals surface area contributed by atoms with E-state index in [1.54, 1.807) is 30.1 Å². The van der Waals surface area contributed by atoms with Crippen molar-refractivity contribution in [1.29, 1.82) is 0 Å². The van der Waals surface area contributed by atoms with Gasteiger partial charge in [-0.25, -0.2) is 4.98 Å². The van der Waals surface area contributed by atoms with Gasteiger partial charge in [0.05, 0.1) is 30.3 Å². The maximum atomic E-state index is 12.8. The molecule has 3 aromatic rings. The van der Waals surface area contributed by atoms with E-state index in [0.717, 1.165) is 23.4 Å². The Morgan fingerprint density at radius 2 is 2.04 bits per heavy atom. The summed E-state index contributed by atoms with van der Waals surface area (Å²) in [4.78, 5) is 19.1. The van der Waals surface area contributed by atoms with Crippen molar-refractivity contribution in [1.82, 2.24) is 14.5 Å². The van der Waals surface area contributed by atoms with Crippen molar-refractivity contribution in [3.05, 3.63) is 58.9 Å². The van der Waals surface area contributed by atoms with Crippen molar-refractivity contribution in [3.63, 3.8) is 0 Å². The van der Waals surface area contributed by atoms with Crippen molar-refractivity contribution >= 4 is 28.5 Å². The Morgan fingerprint density at radius 3 is 2.76 bits per heavy atom. The minimum atomic E-state index is -0.136. The van der Waals surface area contributed by atoms with E-state index in [1.807, 2.05) is 24.3 Å². The van der Waals surface area contributed by atoms with Crippen LogP contribution in [0.3, 0.4) is 0 Å². The molecule has 0 unspecified atom stereocenters. The number of aromatic nitrogens is 2. The lowest BCUT2D eigenvalue weighted by Gasteiger charge is -2.19. The van der Waals surface area contributed by atoms with Gasteiger partial charge < -0.3 is 14.2 Å². The third-order valence-corrected chi connectivity index (χ3v) is 4.40. The zero-order valence-electron chi connectivity index (χ0n) is 14.5. The summed E-state index contributed by atoms with van der Waals surface area (Å²) in [6.07, 6.45) is 0. The fourth-order valence-electron chi connectivity index (χ4n) is 2.93. The summed E-state index contributed by atoms with van der Waals surface area (Å²) in [6.45, 7) is 3.27. The average molecular weight is 358 g/mol. The molecule has 0 bridgehead atoms. The summed E-state index contributed by atoms with van der Waals surface area (Å²) in [5, 5.41) is 0.531. The molecular formula is C19H20ClN3O2. The fourth-order valence-corrected chi connectivity index (χ4v) is 3.09. The zero-order valence-corrected chi connectivity index (χ0v) is 15.2. The minimum absolute atomic E-state index is 0.136. The highest BCUT2D eigenvalue weighted by atomic mass is 35.5. The molecule has 3 rings (SSSR count). The third kappa shape index (κ3) is 3.33. The second-order valence-corrected chi connectivity index (χ2v) is 6.20. The Morgan fingerprint density at radius 1 is 1.28 bits per heavy atom. The molecule has 5 nitrogen and oxygen atoms in total. The maximum absolute atomic E-state index is 12.8. The number of imidazole rings is 1. The lowest BCUT2D eigenvalue weighted by atomic mass is 10.1. The monoisotopic (exact) mass is 357 g/mol. The molecule has 0 fully saturated rings. The number of halogens is 1. The van der Waals surface area contributed by atoms with Gasteiger partial charge in [0.25, 0.3) is 5.91 Å². The number of carbonyl (C=O) groups excluding carboxylic acids is 1. The molecule has 1 aromatic heterocycles.